The molecule has 0 N–H and O–H groups in total. The second kappa shape index (κ2) is 3.82. The molecule has 10 heavy (non-hydrogen) atoms. The molecule has 60 valence electrons. The third kappa shape index (κ3) is 2.32. The summed E-state index contributed by atoms with van der Waals surface area (Å²) in [7, 11) is -2.19. The Labute approximate surface area is 62.7 Å². The van der Waals surface area contributed by atoms with Crippen molar-refractivity contribution >= 4 is 15.6 Å². The Morgan fingerprint density at radius 1 is 1.80 bits per heavy atom. The summed E-state index contributed by atoms with van der Waals surface area (Å²) in [5, 5.41) is 0. The normalized spacial score (nSPS) is 35.3. The molecular weight excluding hydrogens is 170 g/mol. The summed E-state index contributed by atoms with van der Waals surface area (Å²) >= 11 is 0. The van der Waals surface area contributed by atoms with E-state index in [0.29, 0.717) is 21.5 Å². The Morgan fingerprint density at radius 2 is 2.60 bits per heavy atom. The molecule has 1 fully saturated rings. The predicted molar refractivity (Wildman–Crippen MR) is 43.0 cm³/mol. The molecule has 0 aliphatic carbocycles. The fourth-order valence-corrected chi connectivity index (χ4v) is 4.53. The lowest BCUT2D eigenvalue weighted by atomic mass is 10.5. The van der Waals surface area contributed by atoms with E-state index in [9.17, 15) is 4.57 Å². The van der Waals surface area contributed by atoms with Gasteiger partial charge in [0, 0.05) is 14.4 Å². The quantitative estimate of drug-likeness (QED) is 0.628. The Bertz CT molecular complexity index is 138. The van der Waals surface area contributed by atoms with Crippen LogP contribution in [0.1, 0.15) is 13.3 Å². The molecule has 0 aromatic heterocycles. The molecule has 0 bridgehead atoms. The van der Waals surface area contributed by atoms with Gasteiger partial charge in [0.05, 0.1) is 13.2 Å². The summed E-state index contributed by atoms with van der Waals surface area (Å²) in [6.45, 7) is 3.16. The zero-order chi connectivity index (χ0) is 7.45. The van der Waals surface area contributed by atoms with E-state index in [-0.39, 0.29) is 0 Å². The topological polar surface area (TPSA) is 35.5 Å². The molecule has 1 aliphatic rings. The third-order valence-electron chi connectivity index (χ3n) is 1.13. The molecule has 0 saturated carbocycles. The molecule has 1 aliphatic heterocycles. The lowest BCUT2D eigenvalue weighted by molar-refractivity contribution is 0.235. The second-order valence-corrected chi connectivity index (χ2v) is 6.99. The third-order valence-corrected chi connectivity index (χ3v) is 5.60. The minimum Gasteiger partial charge on any atom is -0.306 e. The fraction of sp³-hybridized carbons (Fsp3) is 1.00. The standard InChI is InChI=1S/C5H12O3P2/c1-2-3-7-10(6)8-4-5-9-10/h9H,2-5H2,1H3. The van der Waals surface area contributed by atoms with E-state index in [1.807, 2.05) is 6.92 Å². The van der Waals surface area contributed by atoms with E-state index < -0.39 is 7.28 Å². The van der Waals surface area contributed by atoms with E-state index >= 15 is 0 Å². The van der Waals surface area contributed by atoms with Crippen LogP contribution in [0, 0.1) is 0 Å². The zero-order valence-electron chi connectivity index (χ0n) is 6.00. The van der Waals surface area contributed by atoms with Crippen molar-refractivity contribution in [1.82, 2.24) is 0 Å². The highest BCUT2D eigenvalue weighted by Crippen LogP contribution is 2.68. The van der Waals surface area contributed by atoms with Crippen molar-refractivity contribution in [1.29, 1.82) is 0 Å². The smallest absolute Gasteiger partial charge is 0.306 e. The first-order valence-corrected chi connectivity index (χ1v) is 7.00. The van der Waals surface area contributed by atoms with Crippen LogP contribution in [0.2, 0.25) is 0 Å². The Hall–Kier alpha value is 0.580. The van der Waals surface area contributed by atoms with Crippen molar-refractivity contribution in [2.24, 2.45) is 0 Å². The van der Waals surface area contributed by atoms with Gasteiger partial charge < -0.3 is 9.05 Å². The van der Waals surface area contributed by atoms with Crippen LogP contribution in [0.5, 0.6) is 0 Å². The Kier molecular flexibility index (Phi) is 3.32. The minimum absolute atomic E-state index is 0.374. The minimum atomic E-state index is -2.56. The first-order chi connectivity index (χ1) is 4.77. The maximum atomic E-state index is 11.3. The summed E-state index contributed by atoms with van der Waals surface area (Å²) < 4.78 is 21.4. The molecule has 1 saturated heterocycles. The van der Waals surface area contributed by atoms with Crippen molar-refractivity contribution in [2.45, 2.75) is 13.3 Å². The van der Waals surface area contributed by atoms with Gasteiger partial charge in [-0.2, -0.15) is 0 Å². The van der Waals surface area contributed by atoms with Crippen molar-refractivity contribution < 1.29 is 13.6 Å². The van der Waals surface area contributed by atoms with Crippen LogP contribution >= 0.6 is 15.6 Å². The lowest BCUT2D eigenvalue weighted by Gasteiger charge is -2.08. The fourth-order valence-electron chi connectivity index (χ4n) is 0.688. The molecule has 0 aromatic rings. The van der Waals surface area contributed by atoms with Gasteiger partial charge in [-0.1, -0.05) is 6.92 Å². The van der Waals surface area contributed by atoms with Crippen molar-refractivity contribution in [3.8, 4) is 0 Å². The first kappa shape index (κ1) is 8.67. The number of rotatable bonds is 3. The van der Waals surface area contributed by atoms with E-state index in [1.165, 1.54) is 0 Å². The van der Waals surface area contributed by atoms with Crippen LogP contribution in [-0.4, -0.2) is 19.4 Å². The van der Waals surface area contributed by atoms with Gasteiger partial charge in [0.25, 0.3) is 0 Å². The second-order valence-electron chi connectivity index (χ2n) is 2.07. The molecule has 1 rings (SSSR count). The molecule has 3 nitrogen and oxygen atoms in total. The van der Waals surface area contributed by atoms with Crippen LogP contribution in [0.3, 0.4) is 0 Å². The van der Waals surface area contributed by atoms with Gasteiger partial charge in [0.1, 0.15) is 0 Å². The maximum absolute atomic E-state index is 11.3. The first-order valence-electron chi connectivity index (χ1n) is 3.41. The Morgan fingerprint density at radius 3 is 3.10 bits per heavy atom. The van der Waals surface area contributed by atoms with Crippen molar-refractivity contribution in [2.75, 3.05) is 19.4 Å². The molecule has 2 atom stereocenters. The molecule has 0 radical (unpaired) electrons. The summed E-state index contributed by atoms with van der Waals surface area (Å²) in [5.74, 6) is 0. The molecule has 5 heteroatoms. The van der Waals surface area contributed by atoms with Crippen LogP contribution in [0.4, 0.5) is 0 Å². The van der Waals surface area contributed by atoms with Crippen LogP contribution in [-0.2, 0) is 13.6 Å². The lowest BCUT2D eigenvalue weighted by Crippen LogP contribution is -1.87. The highest BCUT2D eigenvalue weighted by Gasteiger charge is 2.28. The maximum Gasteiger partial charge on any atom is 0.346 e. The van der Waals surface area contributed by atoms with Crippen LogP contribution in [0.25, 0.3) is 0 Å². The molecule has 0 amide bonds. The Balaban J connectivity index is 2.29. The predicted octanol–water partition coefficient (Wildman–Crippen LogP) is 2.23. The van der Waals surface area contributed by atoms with Gasteiger partial charge in [-0.15, -0.1) is 0 Å². The van der Waals surface area contributed by atoms with Crippen LogP contribution in [0.15, 0.2) is 0 Å². The summed E-state index contributed by atoms with van der Waals surface area (Å²) in [6.07, 6.45) is 1.80. The van der Waals surface area contributed by atoms with Crippen molar-refractivity contribution in [3.05, 3.63) is 0 Å². The van der Waals surface area contributed by atoms with Gasteiger partial charge in [-0.05, 0) is 6.42 Å². The van der Waals surface area contributed by atoms with Gasteiger partial charge in [0.15, 0.2) is 0 Å². The molecular formula is C5H12O3P2. The average Bonchev–Trinajstić information content (AvgIpc) is 2.33. The SMILES string of the molecule is CCCOP1(=O)OCCP1. The van der Waals surface area contributed by atoms with E-state index in [1.54, 1.807) is 0 Å². The summed E-state index contributed by atoms with van der Waals surface area (Å²) in [6, 6.07) is 0. The van der Waals surface area contributed by atoms with Gasteiger partial charge in [-0.3, -0.25) is 4.57 Å². The number of hydrogen-bond acceptors (Lipinski definition) is 3. The highest BCUT2D eigenvalue weighted by molar-refractivity contribution is 8.20. The van der Waals surface area contributed by atoms with Gasteiger partial charge in [0.2, 0.25) is 0 Å². The molecule has 2 unspecified atom stereocenters. The summed E-state index contributed by atoms with van der Waals surface area (Å²) in [4.78, 5) is 0. The zero-order valence-corrected chi connectivity index (χ0v) is 7.89. The molecule has 1 heterocycles. The van der Waals surface area contributed by atoms with E-state index in [4.69, 9.17) is 9.05 Å². The summed E-state index contributed by atoms with van der Waals surface area (Å²) in [5.41, 5.74) is 0. The molecule has 0 aromatic carbocycles. The molecule has 0 spiro atoms. The monoisotopic (exact) mass is 182 g/mol. The van der Waals surface area contributed by atoms with Gasteiger partial charge >= 0.3 is 7.28 Å². The largest absolute Gasteiger partial charge is 0.346 e. The van der Waals surface area contributed by atoms with Gasteiger partial charge in [-0.25, -0.2) is 0 Å². The average molecular weight is 182 g/mol. The van der Waals surface area contributed by atoms with E-state index in [0.717, 1.165) is 12.6 Å². The van der Waals surface area contributed by atoms with E-state index in [2.05, 4.69) is 0 Å². The van der Waals surface area contributed by atoms with Crippen molar-refractivity contribution in [3.63, 3.8) is 0 Å². The number of hydrogen-bond donors (Lipinski definition) is 0. The highest BCUT2D eigenvalue weighted by atomic mass is 32.1. The van der Waals surface area contributed by atoms with Crippen LogP contribution < -0.4 is 0 Å².